The van der Waals surface area contributed by atoms with Gasteiger partial charge in [-0.25, -0.2) is 4.98 Å². The van der Waals surface area contributed by atoms with E-state index in [-0.39, 0.29) is 5.91 Å². The number of aryl methyl sites for hydroxylation is 1. The summed E-state index contributed by atoms with van der Waals surface area (Å²) in [5.74, 6) is 1.50. The lowest BCUT2D eigenvalue weighted by atomic mass is 10.3. The van der Waals surface area contributed by atoms with Gasteiger partial charge in [-0.15, -0.1) is 11.6 Å². The summed E-state index contributed by atoms with van der Waals surface area (Å²) >= 11 is 5.49. The molecule has 15 heavy (non-hydrogen) atoms. The van der Waals surface area contributed by atoms with E-state index in [0.29, 0.717) is 18.8 Å². The molecule has 1 aromatic heterocycles. The summed E-state index contributed by atoms with van der Waals surface area (Å²) < 4.78 is 0. The standard InChI is InChI=1S/C10H16ClN3O/c1-2-9-12-6-8(14-9)7-13-10(15)4-3-5-11/h6H,2-5,7H2,1H3,(H,12,14)(H,13,15). The van der Waals surface area contributed by atoms with Gasteiger partial charge in [0.25, 0.3) is 0 Å². The number of hydrogen-bond acceptors (Lipinski definition) is 2. The predicted molar refractivity (Wildman–Crippen MR) is 59.8 cm³/mol. The second kappa shape index (κ2) is 6.45. The Kier molecular flexibility index (Phi) is 5.18. The Hall–Kier alpha value is -1.03. The van der Waals surface area contributed by atoms with Crippen LogP contribution in [-0.4, -0.2) is 21.8 Å². The number of aromatic amines is 1. The van der Waals surface area contributed by atoms with Crippen LogP contribution >= 0.6 is 11.6 Å². The molecule has 0 fully saturated rings. The monoisotopic (exact) mass is 229 g/mol. The van der Waals surface area contributed by atoms with Crippen molar-refractivity contribution in [3.63, 3.8) is 0 Å². The minimum absolute atomic E-state index is 0.0308. The highest BCUT2D eigenvalue weighted by molar-refractivity contribution is 6.17. The molecule has 0 unspecified atom stereocenters. The fraction of sp³-hybridized carbons (Fsp3) is 0.600. The van der Waals surface area contributed by atoms with Crippen molar-refractivity contribution < 1.29 is 4.79 Å². The average Bonchev–Trinajstić information content (AvgIpc) is 2.71. The molecule has 1 aromatic rings. The molecule has 0 aliphatic carbocycles. The molecule has 5 heteroatoms. The smallest absolute Gasteiger partial charge is 0.220 e. The van der Waals surface area contributed by atoms with Crippen LogP contribution in [0.25, 0.3) is 0 Å². The van der Waals surface area contributed by atoms with Crippen LogP contribution in [0.2, 0.25) is 0 Å². The number of rotatable bonds is 6. The molecule has 0 atom stereocenters. The van der Waals surface area contributed by atoms with Crippen LogP contribution in [-0.2, 0) is 17.8 Å². The first-order chi connectivity index (χ1) is 7.26. The van der Waals surface area contributed by atoms with Gasteiger partial charge >= 0.3 is 0 Å². The molecule has 1 heterocycles. The third kappa shape index (κ3) is 4.34. The number of carbonyl (C=O) groups is 1. The first-order valence-corrected chi connectivity index (χ1v) is 5.65. The topological polar surface area (TPSA) is 57.8 Å². The second-order valence-electron chi connectivity index (χ2n) is 3.28. The molecule has 0 saturated carbocycles. The molecule has 1 rings (SSSR count). The second-order valence-corrected chi connectivity index (χ2v) is 3.66. The quantitative estimate of drug-likeness (QED) is 0.729. The van der Waals surface area contributed by atoms with Crippen LogP contribution in [0.5, 0.6) is 0 Å². The molecule has 0 aliphatic heterocycles. The van der Waals surface area contributed by atoms with E-state index in [1.807, 2.05) is 6.92 Å². The fourth-order valence-electron chi connectivity index (χ4n) is 1.18. The number of hydrogen-bond donors (Lipinski definition) is 2. The molecule has 1 amide bonds. The van der Waals surface area contributed by atoms with E-state index in [1.54, 1.807) is 6.20 Å². The summed E-state index contributed by atoms with van der Waals surface area (Å²) in [6, 6.07) is 0. The Labute approximate surface area is 94.4 Å². The summed E-state index contributed by atoms with van der Waals surface area (Å²) in [4.78, 5) is 18.5. The minimum Gasteiger partial charge on any atom is -0.350 e. The van der Waals surface area contributed by atoms with Gasteiger partial charge in [0.1, 0.15) is 5.82 Å². The van der Waals surface area contributed by atoms with Crippen LogP contribution < -0.4 is 5.32 Å². The molecular formula is C10H16ClN3O. The van der Waals surface area contributed by atoms with Crippen molar-refractivity contribution in [2.45, 2.75) is 32.7 Å². The zero-order valence-corrected chi connectivity index (χ0v) is 9.60. The van der Waals surface area contributed by atoms with Crippen molar-refractivity contribution in [2.24, 2.45) is 0 Å². The maximum atomic E-state index is 11.2. The van der Waals surface area contributed by atoms with Crippen molar-refractivity contribution in [3.8, 4) is 0 Å². The van der Waals surface area contributed by atoms with E-state index < -0.39 is 0 Å². The zero-order chi connectivity index (χ0) is 11.1. The minimum atomic E-state index is 0.0308. The van der Waals surface area contributed by atoms with Crippen LogP contribution in [0.4, 0.5) is 0 Å². The highest BCUT2D eigenvalue weighted by Gasteiger charge is 2.02. The molecule has 0 aliphatic rings. The largest absolute Gasteiger partial charge is 0.350 e. The first-order valence-electron chi connectivity index (χ1n) is 5.11. The molecule has 0 radical (unpaired) electrons. The van der Waals surface area contributed by atoms with Gasteiger partial charge in [-0.1, -0.05) is 6.92 Å². The summed E-state index contributed by atoms with van der Waals surface area (Å²) in [6.45, 7) is 2.54. The molecule has 0 bridgehead atoms. The van der Waals surface area contributed by atoms with Crippen molar-refractivity contribution in [2.75, 3.05) is 5.88 Å². The van der Waals surface area contributed by atoms with E-state index in [9.17, 15) is 4.79 Å². The van der Waals surface area contributed by atoms with E-state index in [0.717, 1.165) is 24.4 Å². The Bertz CT molecular complexity index is 311. The maximum absolute atomic E-state index is 11.2. The Morgan fingerprint density at radius 3 is 3.07 bits per heavy atom. The van der Waals surface area contributed by atoms with Gasteiger partial charge in [-0.05, 0) is 6.42 Å². The normalized spacial score (nSPS) is 10.3. The number of nitrogens with one attached hydrogen (secondary N) is 2. The van der Waals surface area contributed by atoms with Crippen molar-refractivity contribution in [3.05, 3.63) is 17.7 Å². The summed E-state index contributed by atoms with van der Waals surface area (Å²) in [5.41, 5.74) is 0.936. The van der Waals surface area contributed by atoms with E-state index in [4.69, 9.17) is 11.6 Å². The summed E-state index contributed by atoms with van der Waals surface area (Å²) in [7, 11) is 0. The summed E-state index contributed by atoms with van der Waals surface area (Å²) in [6.07, 6.45) is 3.83. The molecule has 2 N–H and O–H groups in total. The van der Waals surface area contributed by atoms with E-state index in [2.05, 4.69) is 15.3 Å². The van der Waals surface area contributed by atoms with Gasteiger partial charge in [0.2, 0.25) is 5.91 Å². The highest BCUT2D eigenvalue weighted by Crippen LogP contribution is 1.98. The van der Waals surface area contributed by atoms with E-state index in [1.165, 1.54) is 0 Å². The predicted octanol–water partition coefficient (Wildman–Crippen LogP) is 1.61. The number of amides is 1. The first kappa shape index (κ1) is 12.0. The number of carbonyl (C=O) groups excluding carboxylic acids is 1. The van der Waals surface area contributed by atoms with Gasteiger partial charge in [-0.3, -0.25) is 4.79 Å². The Morgan fingerprint density at radius 1 is 1.67 bits per heavy atom. The fourth-order valence-corrected chi connectivity index (χ4v) is 1.32. The molecule has 0 aromatic carbocycles. The van der Waals surface area contributed by atoms with Crippen LogP contribution in [0.3, 0.4) is 0 Å². The lowest BCUT2D eigenvalue weighted by Gasteiger charge is -2.01. The molecule has 84 valence electrons. The number of alkyl halides is 1. The SMILES string of the molecule is CCc1ncc(CNC(=O)CCCCl)[nH]1. The van der Waals surface area contributed by atoms with Crippen LogP contribution in [0, 0.1) is 0 Å². The van der Waals surface area contributed by atoms with E-state index >= 15 is 0 Å². The van der Waals surface area contributed by atoms with Gasteiger partial charge < -0.3 is 10.3 Å². The van der Waals surface area contributed by atoms with Crippen molar-refractivity contribution in [1.82, 2.24) is 15.3 Å². The van der Waals surface area contributed by atoms with Crippen molar-refractivity contribution >= 4 is 17.5 Å². The number of imidazole rings is 1. The number of nitrogens with zero attached hydrogens (tertiary/aromatic N) is 1. The summed E-state index contributed by atoms with van der Waals surface area (Å²) in [5, 5.41) is 2.80. The zero-order valence-electron chi connectivity index (χ0n) is 8.85. The van der Waals surface area contributed by atoms with Gasteiger partial charge in [0.15, 0.2) is 0 Å². The average molecular weight is 230 g/mol. The van der Waals surface area contributed by atoms with Gasteiger partial charge in [-0.2, -0.15) is 0 Å². The van der Waals surface area contributed by atoms with Gasteiger partial charge in [0.05, 0.1) is 18.4 Å². The number of H-pyrrole nitrogens is 1. The number of halogens is 1. The lowest BCUT2D eigenvalue weighted by Crippen LogP contribution is -2.22. The third-order valence-electron chi connectivity index (χ3n) is 2.03. The molecule has 4 nitrogen and oxygen atoms in total. The third-order valence-corrected chi connectivity index (χ3v) is 2.30. The number of aromatic nitrogens is 2. The molecular weight excluding hydrogens is 214 g/mol. The van der Waals surface area contributed by atoms with Crippen LogP contribution in [0.1, 0.15) is 31.3 Å². The Balaban J connectivity index is 2.27. The Morgan fingerprint density at radius 2 is 2.47 bits per heavy atom. The lowest BCUT2D eigenvalue weighted by molar-refractivity contribution is -0.121. The molecule has 0 spiro atoms. The van der Waals surface area contributed by atoms with Gasteiger partial charge in [0, 0.05) is 18.7 Å². The molecule has 0 saturated heterocycles. The maximum Gasteiger partial charge on any atom is 0.220 e. The van der Waals surface area contributed by atoms with Crippen LogP contribution in [0.15, 0.2) is 6.20 Å². The highest BCUT2D eigenvalue weighted by atomic mass is 35.5. The van der Waals surface area contributed by atoms with Crippen molar-refractivity contribution in [1.29, 1.82) is 0 Å².